The molecule has 6 nitrogen and oxygen atoms in total. The third-order valence-electron chi connectivity index (χ3n) is 3.55. The smallest absolute Gasteiger partial charge is 0.349 e. The molecule has 0 bridgehead atoms. The minimum atomic E-state index is -0.500. The van der Waals surface area contributed by atoms with Gasteiger partial charge in [0, 0.05) is 5.02 Å². The van der Waals surface area contributed by atoms with Crippen molar-refractivity contribution in [2.75, 3.05) is 12.4 Å². The van der Waals surface area contributed by atoms with E-state index in [2.05, 4.69) is 15.0 Å². The predicted octanol–water partition coefficient (Wildman–Crippen LogP) is 4.41. The van der Waals surface area contributed by atoms with Gasteiger partial charge in [-0.1, -0.05) is 47.2 Å². The number of rotatable bonds is 6. The zero-order valence-electron chi connectivity index (χ0n) is 14.3. The van der Waals surface area contributed by atoms with Crippen LogP contribution in [0.3, 0.4) is 0 Å². The van der Waals surface area contributed by atoms with Crippen molar-refractivity contribution < 1.29 is 19.1 Å². The highest BCUT2D eigenvalue weighted by Gasteiger charge is 2.16. The number of nitrogens with zero attached hydrogens (tertiary/aromatic N) is 1. The molecular weight excluding hydrogens is 388 g/mol. The summed E-state index contributed by atoms with van der Waals surface area (Å²) in [6.45, 7) is 0.297. The van der Waals surface area contributed by atoms with Crippen LogP contribution in [0.1, 0.15) is 25.6 Å². The van der Waals surface area contributed by atoms with Gasteiger partial charge >= 0.3 is 5.97 Å². The summed E-state index contributed by atoms with van der Waals surface area (Å²) in [7, 11) is 1.29. The first-order chi connectivity index (χ1) is 13.1. The number of benzene rings is 2. The number of methoxy groups -OCH3 is 1. The summed E-state index contributed by atoms with van der Waals surface area (Å²) in [5.74, 6) is -0.443. The predicted molar refractivity (Wildman–Crippen MR) is 104 cm³/mol. The van der Waals surface area contributed by atoms with Crippen LogP contribution in [0.15, 0.2) is 54.7 Å². The van der Waals surface area contributed by atoms with E-state index in [1.807, 2.05) is 12.1 Å². The van der Waals surface area contributed by atoms with Crippen LogP contribution >= 0.6 is 22.9 Å². The summed E-state index contributed by atoms with van der Waals surface area (Å²) >= 11 is 6.91. The van der Waals surface area contributed by atoms with E-state index in [4.69, 9.17) is 16.3 Å². The first-order valence-electron chi connectivity index (χ1n) is 7.88. The van der Waals surface area contributed by atoms with Crippen molar-refractivity contribution in [3.05, 3.63) is 75.8 Å². The molecule has 1 amide bonds. The molecule has 0 atom stereocenters. The number of thiazole rings is 1. The van der Waals surface area contributed by atoms with Crippen LogP contribution in [0.2, 0.25) is 5.02 Å². The van der Waals surface area contributed by atoms with Crippen LogP contribution in [-0.2, 0) is 11.3 Å². The minimum Gasteiger partial charge on any atom is -0.488 e. The number of carbonyl (C=O) groups is 2. The quantitative estimate of drug-likeness (QED) is 0.618. The summed E-state index contributed by atoms with van der Waals surface area (Å²) in [6.07, 6.45) is 1.36. The maximum Gasteiger partial charge on any atom is 0.349 e. The zero-order valence-corrected chi connectivity index (χ0v) is 15.8. The van der Waals surface area contributed by atoms with E-state index in [0.29, 0.717) is 33.0 Å². The number of halogens is 1. The van der Waals surface area contributed by atoms with E-state index in [9.17, 15) is 9.59 Å². The van der Waals surface area contributed by atoms with Gasteiger partial charge in [0.25, 0.3) is 5.91 Å². The number of para-hydroxylation sites is 1. The molecule has 3 aromatic rings. The molecule has 0 aliphatic heterocycles. The highest BCUT2D eigenvalue weighted by molar-refractivity contribution is 7.17. The van der Waals surface area contributed by atoms with Crippen molar-refractivity contribution in [3.63, 3.8) is 0 Å². The topological polar surface area (TPSA) is 77.5 Å². The fraction of sp³-hybridized carbons (Fsp3) is 0.105. The van der Waals surface area contributed by atoms with Crippen LogP contribution in [0.5, 0.6) is 5.75 Å². The Labute approximate surface area is 164 Å². The number of hydrogen-bond acceptors (Lipinski definition) is 6. The van der Waals surface area contributed by atoms with Crippen molar-refractivity contribution in [1.82, 2.24) is 4.98 Å². The Balaban J connectivity index is 1.70. The lowest BCUT2D eigenvalue weighted by molar-refractivity contribution is 0.0606. The van der Waals surface area contributed by atoms with Crippen LogP contribution < -0.4 is 10.1 Å². The molecule has 0 saturated heterocycles. The van der Waals surface area contributed by atoms with Gasteiger partial charge in [0.2, 0.25) is 0 Å². The Hall–Kier alpha value is -2.90. The molecule has 1 aromatic heterocycles. The Kier molecular flexibility index (Phi) is 6.05. The summed E-state index contributed by atoms with van der Waals surface area (Å²) in [5, 5.41) is 3.61. The van der Waals surface area contributed by atoms with Crippen LogP contribution in [0.4, 0.5) is 5.13 Å². The molecule has 2 aromatic carbocycles. The Morgan fingerprint density at radius 2 is 1.89 bits per heavy atom. The van der Waals surface area contributed by atoms with Gasteiger partial charge in [-0.05, 0) is 29.8 Å². The Bertz CT molecular complexity index is 956. The second-order valence-corrected chi connectivity index (χ2v) is 6.85. The van der Waals surface area contributed by atoms with E-state index in [1.54, 1.807) is 36.4 Å². The van der Waals surface area contributed by atoms with E-state index < -0.39 is 5.97 Å². The summed E-state index contributed by atoms with van der Waals surface area (Å²) in [6, 6.07) is 14.2. The van der Waals surface area contributed by atoms with E-state index in [1.165, 1.54) is 13.3 Å². The van der Waals surface area contributed by atoms with Gasteiger partial charge in [0.15, 0.2) is 5.13 Å². The molecule has 0 unspecified atom stereocenters. The molecule has 0 saturated carbocycles. The molecule has 0 radical (unpaired) electrons. The van der Waals surface area contributed by atoms with Crippen molar-refractivity contribution in [2.24, 2.45) is 0 Å². The largest absolute Gasteiger partial charge is 0.488 e. The highest BCUT2D eigenvalue weighted by atomic mass is 35.5. The third kappa shape index (κ3) is 4.84. The van der Waals surface area contributed by atoms with Gasteiger partial charge in [-0.25, -0.2) is 9.78 Å². The van der Waals surface area contributed by atoms with Crippen LogP contribution in [-0.4, -0.2) is 24.0 Å². The number of carbonyl (C=O) groups excluding carboxylic acids is 2. The molecule has 0 aliphatic rings. The first-order valence-corrected chi connectivity index (χ1v) is 9.08. The average molecular weight is 403 g/mol. The molecule has 27 heavy (non-hydrogen) atoms. The summed E-state index contributed by atoms with van der Waals surface area (Å²) in [4.78, 5) is 28.4. The normalized spacial score (nSPS) is 10.3. The lowest BCUT2D eigenvalue weighted by atomic mass is 10.2. The van der Waals surface area contributed by atoms with Crippen molar-refractivity contribution in [2.45, 2.75) is 6.61 Å². The van der Waals surface area contributed by atoms with Gasteiger partial charge in [-0.2, -0.15) is 0 Å². The van der Waals surface area contributed by atoms with Gasteiger partial charge in [0.1, 0.15) is 17.2 Å². The molecule has 8 heteroatoms. The Morgan fingerprint density at radius 1 is 1.15 bits per heavy atom. The number of aromatic nitrogens is 1. The highest BCUT2D eigenvalue weighted by Crippen LogP contribution is 2.23. The van der Waals surface area contributed by atoms with Gasteiger partial charge in [-0.15, -0.1) is 0 Å². The molecular formula is C19H15ClN2O4S. The van der Waals surface area contributed by atoms with Crippen LogP contribution in [0.25, 0.3) is 0 Å². The minimum absolute atomic E-state index is 0.297. The fourth-order valence-corrected chi connectivity index (χ4v) is 3.07. The van der Waals surface area contributed by atoms with Crippen molar-refractivity contribution in [3.8, 4) is 5.75 Å². The number of hydrogen-bond donors (Lipinski definition) is 1. The second-order valence-electron chi connectivity index (χ2n) is 5.39. The number of esters is 1. The molecule has 0 spiro atoms. The molecule has 3 rings (SSSR count). The molecule has 1 heterocycles. The summed E-state index contributed by atoms with van der Waals surface area (Å²) < 4.78 is 10.4. The monoisotopic (exact) mass is 402 g/mol. The zero-order chi connectivity index (χ0) is 19.2. The van der Waals surface area contributed by atoms with Crippen molar-refractivity contribution in [1.29, 1.82) is 0 Å². The molecule has 138 valence electrons. The average Bonchev–Trinajstić information content (AvgIpc) is 3.15. The lowest BCUT2D eigenvalue weighted by Crippen LogP contribution is -2.13. The molecule has 0 fully saturated rings. The van der Waals surface area contributed by atoms with Gasteiger partial charge < -0.3 is 9.47 Å². The number of ether oxygens (including phenoxy) is 2. The maximum absolute atomic E-state index is 12.6. The first kappa shape index (κ1) is 18.9. The molecule has 0 aliphatic carbocycles. The fourth-order valence-electron chi connectivity index (χ4n) is 2.21. The Morgan fingerprint density at radius 3 is 2.63 bits per heavy atom. The maximum atomic E-state index is 12.6. The van der Waals surface area contributed by atoms with E-state index >= 15 is 0 Å². The third-order valence-corrected chi connectivity index (χ3v) is 4.70. The standard InChI is InChI=1S/C19H15ClN2O4S/c1-25-18(24)16-10-21-19(27-16)22-17(23)14-4-2-3-5-15(14)26-11-12-6-8-13(20)9-7-12/h2-10H,11H2,1H3,(H,21,22,23). The van der Waals surface area contributed by atoms with Crippen molar-refractivity contribution >= 4 is 39.9 Å². The van der Waals surface area contributed by atoms with Gasteiger partial charge in [0.05, 0.1) is 18.9 Å². The van der Waals surface area contributed by atoms with Gasteiger partial charge in [-0.3, -0.25) is 10.1 Å². The van der Waals surface area contributed by atoms with E-state index in [0.717, 1.165) is 16.9 Å². The van der Waals surface area contributed by atoms with E-state index in [-0.39, 0.29) is 5.91 Å². The second kappa shape index (κ2) is 8.66. The molecule has 1 N–H and O–H groups in total. The number of anilines is 1. The van der Waals surface area contributed by atoms with Crippen LogP contribution in [0, 0.1) is 0 Å². The SMILES string of the molecule is COC(=O)c1cnc(NC(=O)c2ccccc2OCc2ccc(Cl)cc2)s1. The number of amides is 1. The lowest BCUT2D eigenvalue weighted by Gasteiger charge is -2.11. The number of nitrogens with one attached hydrogen (secondary N) is 1. The summed E-state index contributed by atoms with van der Waals surface area (Å²) in [5.41, 5.74) is 1.29.